The van der Waals surface area contributed by atoms with E-state index in [-0.39, 0.29) is 5.91 Å². The minimum atomic E-state index is -0.0246. The predicted molar refractivity (Wildman–Crippen MR) is 90.1 cm³/mol. The van der Waals surface area contributed by atoms with Crippen LogP contribution in [0.4, 0.5) is 0 Å². The second-order valence-corrected chi connectivity index (χ2v) is 6.74. The molecule has 4 nitrogen and oxygen atoms in total. The van der Waals surface area contributed by atoms with E-state index < -0.39 is 0 Å². The van der Waals surface area contributed by atoms with Gasteiger partial charge < -0.3 is 5.32 Å². The lowest BCUT2D eigenvalue weighted by Crippen LogP contribution is -2.19. The van der Waals surface area contributed by atoms with Crippen LogP contribution in [0.2, 0.25) is 0 Å². The standard InChI is InChI=1S/C15H13N3OS2/c1-10-6-7-13(21-10)12-5-3-2-4-11(12)8-16-18-15-17-14(19)9-20-15/h2-8H,9H2,1H3,(H,17,18,19). The summed E-state index contributed by atoms with van der Waals surface area (Å²) in [5.74, 6) is 0.391. The highest BCUT2D eigenvalue weighted by Gasteiger charge is 2.15. The number of nitrogens with one attached hydrogen (secondary N) is 1. The Labute approximate surface area is 131 Å². The topological polar surface area (TPSA) is 53.8 Å². The van der Waals surface area contributed by atoms with E-state index in [1.165, 1.54) is 21.5 Å². The lowest BCUT2D eigenvalue weighted by atomic mass is 10.1. The van der Waals surface area contributed by atoms with Gasteiger partial charge in [-0.2, -0.15) is 5.10 Å². The summed E-state index contributed by atoms with van der Waals surface area (Å²) in [5, 5.41) is 11.3. The SMILES string of the molecule is Cc1ccc(-c2ccccc2C=NN=C2NC(=O)CS2)s1. The summed E-state index contributed by atoms with van der Waals surface area (Å²) < 4.78 is 0. The van der Waals surface area contributed by atoms with Gasteiger partial charge in [-0.1, -0.05) is 36.0 Å². The predicted octanol–water partition coefficient (Wildman–Crippen LogP) is 3.28. The Morgan fingerprint density at radius 2 is 2.10 bits per heavy atom. The highest BCUT2D eigenvalue weighted by atomic mass is 32.2. The molecule has 0 aliphatic carbocycles. The van der Waals surface area contributed by atoms with Gasteiger partial charge in [0.1, 0.15) is 0 Å². The van der Waals surface area contributed by atoms with E-state index in [0.29, 0.717) is 10.9 Å². The van der Waals surface area contributed by atoms with Gasteiger partial charge in [0.25, 0.3) is 0 Å². The summed E-state index contributed by atoms with van der Waals surface area (Å²) in [6, 6.07) is 12.3. The zero-order chi connectivity index (χ0) is 14.7. The largest absolute Gasteiger partial charge is 0.303 e. The number of carbonyl (C=O) groups is 1. The van der Waals surface area contributed by atoms with Crippen molar-refractivity contribution in [3.05, 3.63) is 46.8 Å². The Kier molecular flexibility index (Phi) is 4.17. The third kappa shape index (κ3) is 3.40. The zero-order valence-electron chi connectivity index (χ0n) is 11.4. The van der Waals surface area contributed by atoms with Crippen molar-refractivity contribution in [1.82, 2.24) is 5.32 Å². The molecular formula is C15H13N3OS2. The number of amides is 1. The van der Waals surface area contributed by atoms with Gasteiger partial charge >= 0.3 is 0 Å². The van der Waals surface area contributed by atoms with Gasteiger partial charge in [-0.05, 0) is 19.1 Å². The van der Waals surface area contributed by atoms with Crippen LogP contribution >= 0.6 is 23.1 Å². The summed E-state index contributed by atoms with van der Waals surface area (Å²) in [5.41, 5.74) is 2.15. The first kappa shape index (κ1) is 14.0. The molecule has 0 radical (unpaired) electrons. The molecule has 0 saturated carbocycles. The minimum Gasteiger partial charge on any atom is -0.303 e. The van der Waals surface area contributed by atoms with Gasteiger partial charge in [-0.3, -0.25) is 4.79 Å². The Bertz CT molecular complexity index is 734. The maximum Gasteiger partial charge on any atom is 0.236 e. The third-order valence-corrected chi connectivity index (χ3v) is 4.80. The molecule has 1 aromatic heterocycles. The molecule has 3 rings (SSSR count). The molecule has 6 heteroatoms. The van der Waals surface area contributed by atoms with Crippen LogP contribution in [0, 0.1) is 6.92 Å². The molecule has 0 spiro atoms. The van der Waals surface area contributed by atoms with Crippen molar-refractivity contribution in [3.63, 3.8) is 0 Å². The van der Waals surface area contributed by atoms with Crippen LogP contribution in [0.3, 0.4) is 0 Å². The normalized spacial score (nSPS) is 16.8. The van der Waals surface area contributed by atoms with E-state index in [9.17, 15) is 4.79 Å². The van der Waals surface area contributed by atoms with E-state index in [1.807, 2.05) is 18.2 Å². The van der Waals surface area contributed by atoms with Crippen molar-refractivity contribution in [2.24, 2.45) is 10.2 Å². The van der Waals surface area contributed by atoms with Crippen molar-refractivity contribution in [3.8, 4) is 10.4 Å². The molecule has 1 amide bonds. The Morgan fingerprint density at radius 1 is 1.24 bits per heavy atom. The summed E-state index contributed by atoms with van der Waals surface area (Å²) >= 11 is 3.12. The summed E-state index contributed by atoms with van der Waals surface area (Å²) in [6.45, 7) is 2.09. The highest BCUT2D eigenvalue weighted by Crippen LogP contribution is 2.29. The van der Waals surface area contributed by atoms with Gasteiger partial charge in [0.05, 0.1) is 12.0 Å². The number of amidine groups is 1. The molecular weight excluding hydrogens is 302 g/mol. The number of hydrogen-bond donors (Lipinski definition) is 1. The lowest BCUT2D eigenvalue weighted by molar-refractivity contribution is -0.116. The smallest absolute Gasteiger partial charge is 0.236 e. The molecule has 2 aromatic rings. The number of aryl methyl sites for hydroxylation is 1. The van der Waals surface area contributed by atoms with Crippen molar-refractivity contribution in [1.29, 1.82) is 0 Å². The van der Waals surface area contributed by atoms with E-state index in [4.69, 9.17) is 0 Å². The van der Waals surface area contributed by atoms with Crippen LogP contribution in [0.15, 0.2) is 46.6 Å². The number of nitrogens with zero attached hydrogens (tertiary/aromatic N) is 2. The average Bonchev–Trinajstić information content (AvgIpc) is 3.08. The molecule has 1 saturated heterocycles. The number of thiophene rings is 1. The van der Waals surface area contributed by atoms with Gasteiger partial charge in [-0.25, -0.2) is 0 Å². The van der Waals surface area contributed by atoms with E-state index in [1.54, 1.807) is 17.6 Å². The van der Waals surface area contributed by atoms with E-state index in [2.05, 4.69) is 40.6 Å². The van der Waals surface area contributed by atoms with Crippen LogP contribution in [-0.4, -0.2) is 23.0 Å². The molecule has 1 fully saturated rings. The van der Waals surface area contributed by atoms with Gasteiger partial charge in [0, 0.05) is 20.9 Å². The summed E-state index contributed by atoms with van der Waals surface area (Å²) in [7, 11) is 0. The van der Waals surface area contributed by atoms with E-state index in [0.717, 1.165) is 11.1 Å². The van der Waals surface area contributed by atoms with Crippen molar-refractivity contribution in [2.45, 2.75) is 6.92 Å². The molecule has 0 unspecified atom stereocenters. The average molecular weight is 315 g/mol. The maximum absolute atomic E-state index is 11.1. The number of thioether (sulfide) groups is 1. The summed E-state index contributed by atoms with van der Waals surface area (Å²) in [4.78, 5) is 13.6. The van der Waals surface area contributed by atoms with Gasteiger partial charge in [-0.15, -0.1) is 16.4 Å². The Hall–Kier alpha value is -1.92. The first-order valence-electron chi connectivity index (χ1n) is 6.42. The maximum atomic E-state index is 11.1. The first-order chi connectivity index (χ1) is 10.2. The lowest BCUT2D eigenvalue weighted by Gasteiger charge is -2.01. The fourth-order valence-corrected chi connectivity index (χ4v) is 3.48. The quantitative estimate of drug-likeness (QED) is 0.698. The number of carbonyl (C=O) groups excluding carboxylic acids is 1. The molecule has 0 bridgehead atoms. The fourth-order valence-electron chi connectivity index (χ4n) is 1.94. The fraction of sp³-hybridized carbons (Fsp3) is 0.133. The molecule has 106 valence electrons. The van der Waals surface area contributed by atoms with Gasteiger partial charge in [0.15, 0.2) is 5.17 Å². The molecule has 1 aromatic carbocycles. The third-order valence-electron chi connectivity index (χ3n) is 2.90. The van der Waals surface area contributed by atoms with Gasteiger partial charge in [0.2, 0.25) is 5.91 Å². The molecule has 0 atom stereocenters. The number of rotatable bonds is 3. The van der Waals surface area contributed by atoms with Crippen LogP contribution in [0.5, 0.6) is 0 Å². The monoisotopic (exact) mass is 315 g/mol. The minimum absolute atomic E-state index is 0.0246. The Morgan fingerprint density at radius 3 is 2.81 bits per heavy atom. The first-order valence-corrected chi connectivity index (χ1v) is 8.22. The van der Waals surface area contributed by atoms with Crippen LogP contribution in [0.25, 0.3) is 10.4 Å². The molecule has 2 heterocycles. The van der Waals surface area contributed by atoms with Crippen LogP contribution < -0.4 is 5.32 Å². The van der Waals surface area contributed by atoms with Crippen molar-refractivity contribution in [2.75, 3.05) is 5.75 Å². The second kappa shape index (κ2) is 6.24. The highest BCUT2D eigenvalue weighted by molar-refractivity contribution is 8.15. The van der Waals surface area contributed by atoms with E-state index >= 15 is 0 Å². The molecule has 1 aliphatic rings. The van der Waals surface area contributed by atoms with Crippen molar-refractivity contribution < 1.29 is 4.79 Å². The van der Waals surface area contributed by atoms with Crippen LogP contribution in [0.1, 0.15) is 10.4 Å². The van der Waals surface area contributed by atoms with Crippen LogP contribution in [-0.2, 0) is 4.79 Å². The summed E-state index contributed by atoms with van der Waals surface area (Å²) in [6.07, 6.45) is 1.72. The number of benzene rings is 1. The molecule has 1 N–H and O–H groups in total. The van der Waals surface area contributed by atoms with Crippen molar-refractivity contribution >= 4 is 40.4 Å². The molecule has 1 aliphatic heterocycles. The Balaban J connectivity index is 1.84. The molecule has 21 heavy (non-hydrogen) atoms. The number of hydrogen-bond acceptors (Lipinski definition) is 5. The second-order valence-electron chi connectivity index (χ2n) is 4.48. The zero-order valence-corrected chi connectivity index (χ0v) is 13.0.